The summed E-state index contributed by atoms with van der Waals surface area (Å²) in [7, 11) is 0. The number of nitrogen functional groups attached to an aromatic ring is 1. The van der Waals surface area contributed by atoms with E-state index in [-0.39, 0.29) is 5.75 Å². The van der Waals surface area contributed by atoms with E-state index in [1.165, 1.54) is 0 Å². The van der Waals surface area contributed by atoms with Gasteiger partial charge in [0.05, 0.1) is 0 Å². The quantitative estimate of drug-likeness (QED) is 0.760. The van der Waals surface area contributed by atoms with Crippen LogP contribution in [0.25, 0.3) is 16.8 Å². The van der Waals surface area contributed by atoms with Crippen molar-refractivity contribution in [1.29, 1.82) is 0 Å². The number of hydrogen-bond donors (Lipinski definition) is 2. The highest BCUT2D eigenvalue weighted by Crippen LogP contribution is 2.34. The Kier molecular flexibility index (Phi) is 3.38. The number of phenols is 1. The Morgan fingerprint density at radius 1 is 1.17 bits per heavy atom. The topological polar surface area (TPSA) is 85.7 Å². The summed E-state index contributed by atoms with van der Waals surface area (Å²) in [5, 5.41) is 9.50. The monoisotopic (exact) mass is 310 g/mol. The van der Waals surface area contributed by atoms with Gasteiger partial charge in [-0.1, -0.05) is 0 Å². The fourth-order valence-electron chi connectivity index (χ4n) is 3.15. The maximum absolute atomic E-state index is 9.50. The third-order valence-electron chi connectivity index (χ3n) is 4.34. The van der Waals surface area contributed by atoms with Crippen LogP contribution in [0.3, 0.4) is 0 Å². The van der Waals surface area contributed by atoms with Crippen molar-refractivity contribution in [2.75, 3.05) is 18.9 Å². The van der Waals surface area contributed by atoms with E-state index < -0.39 is 0 Å². The van der Waals surface area contributed by atoms with Crippen LogP contribution in [0.1, 0.15) is 24.6 Å². The normalized spacial score (nSPS) is 16.0. The van der Waals surface area contributed by atoms with Gasteiger partial charge in [0.2, 0.25) is 0 Å². The number of hydrogen-bond acceptors (Lipinski definition) is 5. The first kappa shape index (κ1) is 14.0. The van der Waals surface area contributed by atoms with Gasteiger partial charge >= 0.3 is 0 Å². The number of anilines is 1. The molecule has 1 saturated heterocycles. The molecular formula is C17H18N4O2. The van der Waals surface area contributed by atoms with E-state index >= 15 is 0 Å². The van der Waals surface area contributed by atoms with Crippen LogP contribution < -0.4 is 5.73 Å². The molecule has 0 spiro atoms. The number of aromatic hydroxyl groups is 1. The van der Waals surface area contributed by atoms with Crippen LogP contribution in [0.4, 0.5) is 5.82 Å². The number of phenolic OH excluding ortho intramolecular Hbond substituents is 1. The first-order valence-corrected chi connectivity index (χ1v) is 7.73. The number of imidazole rings is 1. The van der Waals surface area contributed by atoms with Gasteiger partial charge < -0.3 is 15.6 Å². The van der Waals surface area contributed by atoms with Gasteiger partial charge in [-0.15, -0.1) is 0 Å². The Bertz CT molecular complexity index is 836. The van der Waals surface area contributed by atoms with Crippen molar-refractivity contribution in [3.8, 4) is 17.0 Å². The minimum atomic E-state index is 0.230. The molecule has 3 aromatic rings. The summed E-state index contributed by atoms with van der Waals surface area (Å²) in [6.45, 7) is 1.52. The molecule has 0 amide bonds. The zero-order valence-electron chi connectivity index (χ0n) is 12.6. The summed E-state index contributed by atoms with van der Waals surface area (Å²) < 4.78 is 7.50. The van der Waals surface area contributed by atoms with Crippen LogP contribution in [0.2, 0.25) is 0 Å². The van der Waals surface area contributed by atoms with Crippen LogP contribution in [0.15, 0.2) is 36.7 Å². The summed E-state index contributed by atoms with van der Waals surface area (Å²) in [6.07, 6.45) is 5.52. The Hall–Kier alpha value is -2.60. The lowest BCUT2D eigenvalue weighted by Crippen LogP contribution is -2.16. The number of benzene rings is 1. The second kappa shape index (κ2) is 5.55. The number of ether oxygens (including phenoxy) is 1. The fraction of sp³-hybridized carbons (Fsp3) is 0.294. The van der Waals surface area contributed by atoms with Gasteiger partial charge in [-0.05, 0) is 37.1 Å². The van der Waals surface area contributed by atoms with Crippen molar-refractivity contribution >= 4 is 11.3 Å². The zero-order valence-corrected chi connectivity index (χ0v) is 12.6. The van der Waals surface area contributed by atoms with E-state index in [0.717, 1.165) is 48.7 Å². The molecule has 3 N–H and O–H groups in total. The lowest BCUT2D eigenvalue weighted by Gasteiger charge is -2.20. The summed E-state index contributed by atoms with van der Waals surface area (Å²) in [5.74, 6) is 2.04. The van der Waals surface area contributed by atoms with Crippen LogP contribution in [-0.4, -0.2) is 32.7 Å². The van der Waals surface area contributed by atoms with E-state index in [1.54, 1.807) is 18.3 Å². The summed E-state index contributed by atoms with van der Waals surface area (Å²) in [4.78, 5) is 9.09. The Balaban J connectivity index is 1.91. The number of nitrogens with two attached hydrogens (primary N) is 1. The number of rotatable bonds is 2. The van der Waals surface area contributed by atoms with E-state index in [4.69, 9.17) is 15.5 Å². The van der Waals surface area contributed by atoms with E-state index in [2.05, 4.69) is 4.98 Å². The van der Waals surface area contributed by atoms with Gasteiger partial charge in [-0.25, -0.2) is 9.97 Å². The average Bonchev–Trinajstić information content (AvgIpc) is 2.97. The fourth-order valence-corrected chi connectivity index (χ4v) is 3.15. The molecule has 0 unspecified atom stereocenters. The smallest absolute Gasteiger partial charge is 0.150 e. The molecule has 118 valence electrons. The minimum Gasteiger partial charge on any atom is -0.508 e. The van der Waals surface area contributed by atoms with Gasteiger partial charge in [-0.2, -0.15) is 0 Å². The van der Waals surface area contributed by atoms with Crippen LogP contribution in [0, 0.1) is 0 Å². The molecule has 1 aliphatic rings. The van der Waals surface area contributed by atoms with Gasteiger partial charge in [0.25, 0.3) is 0 Å². The highest BCUT2D eigenvalue weighted by molar-refractivity contribution is 5.85. The standard InChI is InChI=1S/C17H18N4O2/c18-16-15-14(11-1-3-13(22)4-2-11)20-17(21(15)8-7-19-16)12-5-9-23-10-6-12/h1-4,7-8,12,22H,5-6,9-10H2,(H2,18,19). The average molecular weight is 310 g/mol. The SMILES string of the molecule is Nc1nccn2c(C3CCOCC3)nc(-c3ccc(O)cc3)c12. The van der Waals surface area contributed by atoms with Crippen molar-refractivity contribution in [3.63, 3.8) is 0 Å². The van der Waals surface area contributed by atoms with Gasteiger partial charge in [-0.3, -0.25) is 4.40 Å². The number of fused-ring (bicyclic) bond motifs is 1. The summed E-state index contributed by atoms with van der Waals surface area (Å²) in [6, 6.07) is 7.00. The van der Waals surface area contributed by atoms with Crippen molar-refractivity contribution in [2.45, 2.75) is 18.8 Å². The lowest BCUT2D eigenvalue weighted by molar-refractivity contribution is 0.0835. The van der Waals surface area contributed by atoms with E-state index in [0.29, 0.717) is 11.7 Å². The second-order valence-electron chi connectivity index (χ2n) is 5.78. The molecule has 2 aromatic heterocycles. The van der Waals surface area contributed by atoms with Gasteiger partial charge in [0.1, 0.15) is 28.6 Å². The molecule has 0 atom stereocenters. The molecule has 3 heterocycles. The Morgan fingerprint density at radius 3 is 2.65 bits per heavy atom. The number of nitrogens with zero attached hydrogens (tertiary/aromatic N) is 3. The van der Waals surface area contributed by atoms with Gasteiger partial charge in [0.15, 0.2) is 0 Å². The molecule has 1 aromatic carbocycles. The first-order valence-electron chi connectivity index (χ1n) is 7.73. The van der Waals surface area contributed by atoms with Crippen LogP contribution in [-0.2, 0) is 4.74 Å². The molecule has 4 rings (SSSR count). The van der Waals surface area contributed by atoms with Gasteiger partial charge in [0, 0.05) is 37.1 Å². The predicted octanol–water partition coefficient (Wildman–Crippen LogP) is 2.58. The third-order valence-corrected chi connectivity index (χ3v) is 4.34. The third kappa shape index (κ3) is 2.41. The van der Waals surface area contributed by atoms with Crippen LogP contribution >= 0.6 is 0 Å². The number of aromatic nitrogens is 3. The van der Waals surface area contributed by atoms with E-state index in [9.17, 15) is 5.11 Å². The highest BCUT2D eigenvalue weighted by atomic mass is 16.5. The molecule has 0 aliphatic carbocycles. The maximum atomic E-state index is 9.50. The molecule has 1 aliphatic heterocycles. The van der Waals surface area contributed by atoms with E-state index in [1.807, 2.05) is 22.7 Å². The molecule has 0 bridgehead atoms. The maximum Gasteiger partial charge on any atom is 0.150 e. The summed E-state index contributed by atoms with van der Waals surface area (Å²) >= 11 is 0. The lowest BCUT2D eigenvalue weighted by atomic mass is 10.00. The zero-order chi connectivity index (χ0) is 15.8. The van der Waals surface area contributed by atoms with Crippen molar-refractivity contribution in [1.82, 2.24) is 14.4 Å². The molecule has 1 fully saturated rings. The molecule has 6 nitrogen and oxygen atoms in total. The molecule has 6 heteroatoms. The summed E-state index contributed by atoms with van der Waals surface area (Å²) in [5.41, 5.74) is 8.66. The second-order valence-corrected chi connectivity index (χ2v) is 5.78. The van der Waals surface area contributed by atoms with Crippen molar-refractivity contribution in [3.05, 3.63) is 42.5 Å². The first-order chi connectivity index (χ1) is 11.2. The molecule has 0 radical (unpaired) electrons. The minimum absolute atomic E-state index is 0.230. The Morgan fingerprint density at radius 2 is 1.91 bits per heavy atom. The molecule has 23 heavy (non-hydrogen) atoms. The predicted molar refractivity (Wildman–Crippen MR) is 87.3 cm³/mol. The molecule has 0 saturated carbocycles. The largest absolute Gasteiger partial charge is 0.508 e. The van der Waals surface area contributed by atoms with Crippen LogP contribution in [0.5, 0.6) is 5.75 Å². The molecular weight excluding hydrogens is 292 g/mol. The van der Waals surface area contributed by atoms with Crippen molar-refractivity contribution < 1.29 is 9.84 Å². The Labute approximate surface area is 133 Å². The highest BCUT2D eigenvalue weighted by Gasteiger charge is 2.24. The van der Waals surface area contributed by atoms with Crippen molar-refractivity contribution in [2.24, 2.45) is 0 Å².